The van der Waals surface area contributed by atoms with Gasteiger partial charge in [0.15, 0.2) is 5.82 Å². The fourth-order valence-electron chi connectivity index (χ4n) is 2.64. The lowest BCUT2D eigenvalue weighted by molar-refractivity contribution is 0.628. The Bertz CT molecular complexity index is 998. The molecule has 0 aliphatic carbocycles. The third-order valence-corrected chi connectivity index (χ3v) is 4.49. The smallest absolute Gasteiger partial charge is 0.207 e. The van der Waals surface area contributed by atoms with E-state index in [9.17, 15) is 4.39 Å². The quantitative estimate of drug-likeness (QED) is 0.553. The number of benzene rings is 2. The van der Waals surface area contributed by atoms with Crippen molar-refractivity contribution in [3.63, 3.8) is 0 Å². The third kappa shape index (κ3) is 2.51. The molecule has 0 fully saturated rings. The van der Waals surface area contributed by atoms with Gasteiger partial charge in [-0.05, 0) is 38.1 Å². The molecule has 4 aromatic rings. The average Bonchev–Trinajstić information content (AvgIpc) is 3.06. The maximum absolute atomic E-state index is 13.4. The molecule has 0 unspecified atom stereocenters. The van der Waals surface area contributed by atoms with Gasteiger partial charge in [0.05, 0.1) is 0 Å². The summed E-state index contributed by atoms with van der Waals surface area (Å²) in [4.78, 5) is 0.693. The molecule has 0 amide bonds. The number of fused-ring (bicyclic) bond motifs is 1. The molecule has 2 aromatic heterocycles. The molecule has 0 radical (unpaired) electrons. The fourth-order valence-corrected chi connectivity index (χ4v) is 3.47. The Labute approximate surface area is 136 Å². The van der Waals surface area contributed by atoms with Gasteiger partial charge in [-0.3, -0.25) is 0 Å². The van der Waals surface area contributed by atoms with Gasteiger partial charge in [0.2, 0.25) is 4.96 Å². The van der Waals surface area contributed by atoms with E-state index in [2.05, 4.69) is 47.3 Å². The van der Waals surface area contributed by atoms with E-state index in [1.54, 1.807) is 16.6 Å². The molecular weight excluding hydrogens is 311 g/mol. The first-order valence-corrected chi connectivity index (χ1v) is 7.99. The molecule has 2 heterocycles. The lowest BCUT2D eigenvalue weighted by atomic mass is 10.1. The van der Waals surface area contributed by atoms with E-state index < -0.39 is 0 Å². The van der Waals surface area contributed by atoms with Crippen molar-refractivity contribution in [1.29, 1.82) is 0 Å². The highest BCUT2D eigenvalue weighted by Gasteiger charge is 2.15. The minimum Gasteiger partial charge on any atom is -0.207 e. The lowest BCUT2D eigenvalue weighted by Crippen LogP contribution is -1.92. The number of nitrogens with zero attached hydrogens (tertiary/aromatic N) is 4. The topological polar surface area (TPSA) is 43.1 Å². The number of hydrogen-bond donors (Lipinski definition) is 0. The van der Waals surface area contributed by atoms with Gasteiger partial charge in [-0.1, -0.05) is 40.7 Å². The number of halogens is 1. The second-order valence-electron chi connectivity index (χ2n) is 5.51. The second-order valence-corrected chi connectivity index (χ2v) is 6.47. The van der Waals surface area contributed by atoms with E-state index in [-0.39, 0.29) is 5.82 Å². The molecule has 2 aromatic carbocycles. The highest BCUT2D eigenvalue weighted by molar-refractivity contribution is 7.19. The van der Waals surface area contributed by atoms with Crippen molar-refractivity contribution in [2.45, 2.75) is 13.8 Å². The first kappa shape index (κ1) is 14.0. The van der Waals surface area contributed by atoms with Gasteiger partial charge < -0.3 is 0 Å². The first-order valence-electron chi connectivity index (χ1n) is 7.17. The molecule has 0 aliphatic heterocycles. The molecular formula is C17H13FN4S. The van der Waals surface area contributed by atoms with E-state index in [4.69, 9.17) is 0 Å². The Morgan fingerprint density at radius 3 is 2.48 bits per heavy atom. The molecule has 114 valence electrons. The highest BCUT2D eigenvalue weighted by Crippen LogP contribution is 2.29. The number of hydrogen-bond acceptors (Lipinski definition) is 4. The largest absolute Gasteiger partial charge is 0.235 e. The zero-order valence-corrected chi connectivity index (χ0v) is 13.4. The van der Waals surface area contributed by atoms with Crippen LogP contribution in [0.2, 0.25) is 0 Å². The van der Waals surface area contributed by atoms with Crippen molar-refractivity contribution in [3.05, 3.63) is 59.4 Å². The molecule has 0 N–H and O–H groups in total. The van der Waals surface area contributed by atoms with Crippen LogP contribution in [-0.2, 0) is 0 Å². The molecule has 0 atom stereocenters. The average molecular weight is 324 g/mol. The van der Waals surface area contributed by atoms with Crippen LogP contribution in [-0.4, -0.2) is 19.8 Å². The normalized spacial score (nSPS) is 11.3. The molecule has 0 bridgehead atoms. The minimum absolute atomic E-state index is 0.302. The number of aryl methyl sites for hydroxylation is 2. The van der Waals surface area contributed by atoms with Crippen LogP contribution in [0.4, 0.5) is 4.39 Å². The van der Waals surface area contributed by atoms with Gasteiger partial charge in [-0.2, -0.15) is 9.61 Å². The fraction of sp³-hybridized carbons (Fsp3) is 0.118. The van der Waals surface area contributed by atoms with E-state index in [0.29, 0.717) is 16.3 Å². The molecule has 4 rings (SSSR count). The van der Waals surface area contributed by atoms with Crippen molar-refractivity contribution >= 4 is 16.3 Å². The molecule has 23 heavy (non-hydrogen) atoms. The van der Waals surface area contributed by atoms with E-state index in [1.165, 1.54) is 34.6 Å². The zero-order valence-electron chi connectivity index (χ0n) is 12.6. The lowest BCUT2D eigenvalue weighted by Gasteiger charge is -2.01. The van der Waals surface area contributed by atoms with E-state index >= 15 is 0 Å². The van der Waals surface area contributed by atoms with Crippen LogP contribution in [0.1, 0.15) is 11.1 Å². The Balaban J connectivity index is 1.86. The summed E-state index contributed by atoms with van der Waals surface area (Å²) in [6.07, 6.45) is 0. The Hall–Kier alpha value is -2.60. The predicted octanol–water partition coefficient (Wildman–Crippen LogP) is 4.28. The third-order valence-electron chi connectivity index (χ3n) is 3.54. The maximum atomic E-state index is 13.4. The molecule has 6 heteroatoms. The summed E-state index contributed by atoms with van der Waals surface area (Å²) in [5.41, 5.74) is 4.10. The van der Waals surface area contributed by atoms with Crippen molar-refractivity contribution in [2.24, 2.45) is 0 Å². The van der Waals surface area contributed by atoms with E-state index in [1.807, 2.05) is 0 Å². The Morgan fingerprint density at radius 2 is 1.74 bits per heavy atom. The number of aromatic nitrogens is 4. The molecule has 4 nitrogen and oxygen atoms in total. The monoisotopic (exact) mass is 324 g/mol. The maximum Gasteiger partial charge on any atom is 0.235 e. The van der Waals surface area contributed by atoms with Crippen LogP contribution < -0.4 is 0 Å². The van der Waals surface area contributed by atoms with Crippen LogP contribution in [0.3, 0.4) is 0 Å². The van der Waals surface area contributed by atoms with Crippen LogP contribution in [0.15, 0.2) is 42.5 Å². The van der Waals surface area contributed by atoms with Crippen molar-refractivity contribution in [3.8, 4) is 22.0 Å². The van der Waals surface area contributed by atoms with Gasteiger partial charge >= 0.3 is 0 Å². The Morgan fingerprint density at radius 1 is 0.957 bits per heavy atom. The van der Waals surface area contributed by atoms with Gasteiger partial charge in [-0.15, -0.1) is 10.2 Å². The summed E-state index contributed by atoms with van der Waals surface area (Å²) in [5, 5.41) is 13.8. The predicted molar refractivity (Wildman–Crippen MR) is 89.0 cm³/mol. The Kier molecular flexibility index (Phi) is 3.20. The summed E-state index contributed by atoms with van der Waals surface area (Å²) < 4.78 is 15.1. The zero-order chi connectivity index (χ0) is 16.0. The van der Waals surface area contributed by atoms with Gasteiger partial charge in [-0.25, -0.2) is 4.39 Å². The summed E-state index contributed by atoms with van der Waals surface area (Å²) >= 11 is 1.47. The van der Waals surface area contributed by atoms with Gasteiger partial charge in [0.25, 0.3) is 0 Å². The van der Waals surface area contributed by atoms with Crippen LogP contribution in [0, 0.1) is 19.7 Å². The van der Waals surface area contributed by atoms with Crippen LogP contribution in [0.5, 0.6) is 0 Å². The molecule has 0 spiro atoms. The van der Waals surface area contributed by atoms with Crippen LogP contribution >= 0.6 is 11.3 Å². The highest BCUT2D eigenvalue weighted by atomic mass is 32.1. The summed E-state index contributed by atoms with van der Waals surface area (Å²) in [6.45, 7) is 4.13. The van der Waals surface area contributed by atoms with Gasteiger partial charge in [0.1, 0.15) is 10.8 Å². The molecule has 0 saturated heterocycles. The van der Waals surface area contributed by atoms with E-state index in [0.717, 1.165) is 10.6 Å². The first-order chi connectivity index (χ1) is 11.1. The summed E-state index contributed by atoms with van der Waals surface area (Å²) in [7, 11) is 0. The minimum atomic E-state index is -0.302. The summed E-state index contributed by atoms with van der Waals surface area (Å²) in [6, 6.07) is 12.6. The van der Waals surface area contributed by atoms with Crippen molar-refractivity contribution < 1.29 is 4.39 Å². The molecule has 0 aliphatic rings. The van der Waals surface area contributed by atoms with Crippen molar-refractivity contribution in [1.82, 2.24) is 19.8 Å². The SMILES string of the molecule is Cc1cc(C)cc(-c2nn3c(-c4cccc(F)c4)nnc3s2)c1. The van der Waals surface area contributed by atoms with Crippen molar-refractivity contribution in [2.75, 3.05) is 0 Å². The molecule has 0 saturated carbocycles. The van der Waals surface area contributed by atoms with Gasteiger partial charge in [0, 0.05) is 11.1 Å². The standard InChI is InChI=1S/C17H13FN4S/c1-10-6-11(2)8-13(7-10)16-21-22-15(19-20-17(22)23-16)12-4-3-5-14(18)9-12/h3-9H,1-2H3. The second kappa shape index (κ2) is 5.24. The summed E-state index contributed by atoms with van der Waals surface area (Å²) in [5.74, 6) is 0.246. The van der Waals surface area contributed by atoms with Crippen LogP contribution in [0.25, 0.3) is 26.9 Å². The number of rotatable bonds is 2.